The first-order chi connectivity index (χ1) is 10.3. The number of hydrogen-bond donors (Lipinski definition) is 0. The number of rotatable bonds is 4. The van der Waals surface area contributed by atoms with Gasteiger partial charge < -0.3 is 0 Å². The standard InChI is InChI=1S/C19H18P.Li/c1-16(17-10-8-9-11-17)20(18-12-4-2-5-13-18)19-14-6-3-7-15-19;/h2-9,12-16H,10H2,1H3;. The molecule has 0 heterocycles. The number of hydrogen-bond acceptors (Lipinski definition) is 0. The molecule has 0 spiro atoms. The average molecular weight is 284 g/mol. The van der Waals surface area contributed by atoms with Crippen LogP contribution in [0.25, 0.3) is 0 Å². The maximum atomic E-state index is 2.40. The molecule has 1 unspecified atom stereocenters. The fraction of sp³-hybridized carbons (Fsp3) is 0.158. The minimum absolute atomic E-state index is 0.348. The summed E-state index contributed by atoms with van der Waals surface area (Å²) in [6, 6.07) is 22.0. The van der Waals surface area contributed by atoms with Crippen LogP contribution in [-0.2, 0) is 0 Å². The van der Waals surface area contributed by atoms with Crippen molar-refractivity contribution in [1.29, 1.82) is 0 Å². The van der Waals surface area contributed by atoms with Crippen molar-refractivity contribution in [3.8, 4) is 0 Å². The van der Waals surface area contributed by atoms with Crippen molar-refractivity contribution >= 4 is 36.2 Å². The molecule has 0 saturated carbocycles. The third-order valence-corrected chi connectivity index (χ3v) is 6.97. The topological polar surface area (TPSA) is 0 Å². The van der Waals surface area contributed by atoms with Gasteiger partial charge in [-0.05, 0) is 0 Å². The summed E-state index contributed by atoms with van der Waals surface area (Å²) < 4.78 is 1.46. The molecule has 2 aromatic rings. The molecule has 21 heavy (non-hydrogen) atoms. The van der Waals surface area contributed by atoms with E-state index in [4.69, 9.17) is 0 Å². The van der Waals surface area contributed by atoms with Crippen LogP contribution < -0.4 is 10.6 Å². The van der Waals surface area contributed by atoms with Crippen molar-refractivity contribution in [2.24, 2.45) is 0 Å². The monoisotopic (exact) mass is 284 g/mol. The second kappa shape index (κ2) is 6.81. The van der Waals surface area contributed by atoms with Crippen LogP contribution in [0.4, 0.5) is 0 Å². The van der Waals surface area contributed by atoms with Crippen LogP contribution in [0.5, 0.6) is 0 Å². The molecule has 1 aliphatic rings. The van der Waals surface area contributed by atoms with Crippen LogP contribution in [0.15, 0.2) is 82.6 Å². The van der Waals surface area contributed by atoms with Crippen molar-refractivity contribution in [2.45, 2.75) is 19.0 Å². The van der Waals surface area contributed by atoms with Gasteiger partial charge in [0.1, 0.15) is 0 Å². The van der Waals surface area contributed by atoms with Crippen LogP contribution >= 0.6 is 7.92 Å². The number of benzene rings is 2. The maximum absolute atomic E-state index is 2.40. The van der Waals surface area contributed by atoms with E-state index in [9.17, 15) is 0 Å². The first-order valence-corrected chi connectivity index (χ1v) is 8.94. The van der Waals surface area contributed by atoms with Crippen LogP contribution in [-0.4, -0.2) is 23.4 Å². The molecule has 0 aliphatic heterocycles. The van der Waals surface area contributed by atoms with Gasteiger partial charge in [0.2, 0.25) is 0 Å². The number of allylic oxidation sites excluding steroid dienone is 4. The molecule has 0 amide bonds. The van der Waals surface area contributed by atoms with Gasteiger partial charge in [-0.3, -0.25) is 0 Å². The van der Waals surface area contributed by atoms with E-state index in [1.807, 2.05) is 0 Å². The molecule has 0 bridgehead atoms. The summed E-state index contributed by atoms with van der Waals surface area (Å²) in [4.78, 5) is 0. The van der Waals surface area contributed by atoms with Gasteiger partial charge in [-0.25, -0.2) is 0 Å². The Balaban J connectivity index is 2.03. The molecule has 0 aromatic heterocycles. The third kappa shape index (κ3) is 3.25. The Morgan fingerprint density at radius 3 is 1.86 bits per heavy atom. The summed E-state index contributed by atoms with van der Waals surface area (Å²) >= 11 is 2.25. The van der Waals surface area contributed by atoms with E-state index in [1.54, 1.807) is 5.57 Å². The zero-order valence-corrected chi connectivity index (χ0v) is 13.6. The molecule has 0 radical (unpaired) electrons. The van der Waals surface area contributed by atoms with Crippen molar-refractivity contribution in [2.75, 3.05) is 0 Å². The SMILES string of the molecule is [Li][C]1=C(C(C)P(c2ccccc2)c2ccccc2)CC=C1. The normalized spacial score (nSPS) is 15.8. The third-order valence-electron chi connectivity index (χ3n) is 4.17. The Morgan fingerprint density at radius 1 is 0.905 bits per heavy atom. The van der Waals surface area contributed by atoms with Crippen LogP contribution in [0.2, 0.25) is 0 Å². The molecule has 3 rings (SSSR count). The van der Waals surface area contributed by atoms with Crippen LogP contribution in [0.3, 0.4) is 0 Å². The van der Waals surface area contributed by atoms with Crippen molar-refractivity contribution in [1.82, 2.24) is 0 Å². The van der Waals surface area contributed by atoms with Gasteiger partial charge in [0.05, 0.1) is 0 Å². The fourth-order valence-electron chi connectivity index (χ4n) is 3.06. The predicted molar refractivity (Wildman–Crippen MR) is 95.1 cm³/mol. The van der Waals surface area contributed by atoms with Gasteiger partial charge in [-0.2, -0.15) is 0 Å². The molecule has 2 heteroatoms. The van der Waals surface area contributed by atoms with E-state index in [0.717, 1.165) is 6.42 Å². The van der Waals surface area contributed by atoms with Gasteiger partial charge in [-0.15, -0.1) is 0 Å². The van der Waals surface area contributed by atoms with E-state index in [1.165, 1.54) is 14.9 Å². The summed E-state index contributed by atoms with van der Waals surface area (Å²) in [5.41, 5.74) is 2.19. The summed E-state index contributed by atoms with van der Waals surface area (Å²) in [6.07, 6.45) is 5.69. The Labute approximate surface area is 137 Å². The molecule has 0 nitrogen and oxygen atoms in total. The zero-order chi connectivity index (χ0) is 14.7. The summed E-state index contributed by atoms with van der Waals surface area (Å²) in [7, 11) is -0.348. The fourth-order valence-corrected chi connectivity index (χ4v) is 5.86. The molecule has 1 aliphatic carbocycles. The van der Waals surface area contributed by atoms with E-state index >= 15 is 0 Å². The van der Waals surface area contributed by atoms with Crippen LogP contribution in [0, 0.1) is 0 Å². The van der Waals surface area contributed by atoms with Gasteiger partial charge in [-0.1, -0.05) is 0 Å². The summed E-state index contributed by atoms with van der Waals surface area (Å²) in [6.45, 7) is 2.40. The van der Waals surface area contributed by atoms with E-state index in [2.05, 4.69) is 97.5 Å². The first-order valence-electron chi connectivity index (χ1n) is 7.53. The van der Waals surface area contributed by atoms with Crippen molar-refractivity contribution in [3.05, 3.63) is 82.6 Å². The quantitative estimate of drug-likeness (QED) is 0.590. The average Bonchev–Trinajstić information content (AvgIpc) is 2.96. The summed E-state index contributed by atoms with van der Waals surface area (Å²) in [5, 5.41) is 2.94. The van der Waals surface area contributed by atoms with Gasteiger partial charge >= 0.3 is 138 Å². The molecule has 100 valence electrons. The Bertz CT molecular complexity index is 619. The van der Waals surface area contributed by atoms with E-state index in [0.29, 0.717) is 5.66 Å². The van der Waals surface area contributed by atoms with Gasteiger partial charge in [0.25, 0.3) is 0 Å². The minimum atomic E-state index is -0.348. The van der Waals surface area contributed by atoms with Crippen LogP contribution in [0.1, 0.15) is 13.3 Å². The van der Waals surface area contributed by atoms with E-state index in [-0.39, 0.29) is 7.92 Å². The first kappa shape index (κ1) is 14.9. The molecule has 0 saturated heterocycles. The Hall–Kier alpha value is -1.05. The summed E-state index contributed by atoms with van der Waals surface area (Å²) in [5.74, 6) is 0. The molecular weight excluding hydrogens is 266 g/mol. The zero-order valence-electron chi connectivity index (χ0n) is 12.7. The second-order valence-electron chi connectivity index (χ2n) is 5.53. The van der Waals surface area contributed by atoms with E-state index < -0.39 is 0 Å². The molecule has 2 aromatic carbocycles. The molecular formula is C19H18LiP. The molecule has 0 N–H and O–H groups in total. The van der Waals surface area contributed by atoms with Crippen molar-refractivity contribution in [3.63, 3.8) is 0 Å². The molecule has 1 atom stereocenters. The Morgan fingerprint density at radius 2 is 1.43 bits per heavy atom. The van der Waals surface area contributed by atoms with Gasteiger partial charge in [0, 0.05) is 0 Å². The molecule has 0 fully saturated rings. The van der Waals surface area contributed by atoms with Crippen molar-refractivity contribution < 1.29 is 0 Å². The Kier molecular flexibility index (Phi) is 4.82. The van der Waals surface area contributed by atoms with Gasteiger partial charge in [0.15, 0.2) is 0 Å². The second-order valence-corrected chi connectivity index (χ2v) is 8.08. The predicted octanol–water partition coefficient (Wildman–Crippen LogP) is 3.89.